The largest absolute Gasteiger partial charge is 0.508 e. The zero-order valence-corrected chi connectivity index (χ0v) is 8.97. The Hall–Kier alpha value is -1.77. The van der Waals surface area contributed by atoms with Crippen LogP contribution in [0.25, 0.3) is 0 Å². The third-order valence-corrected chi connectivity index (χ3v) is 2.02. The summed E-state index contributed by atoms with van der Waals surface area (Å²) in [6.45, 7) is 2.30. The lowest BCUT2D eigenvalue weighted by Crippen LogP contribution is -2.23. The Labute approximate surface area is 89.6 Å². The van der Waals surface area contributed by atoms with Gasteiger partial charge in [-0.1, -0.05) is 18.2 Å². The van der Waals surface area contributed by atoms with Gasteiger partial charge in [-0.3, -0.25) is 4.79 Å². The molecule has 0 saturated carbocycles. The van der Waals surface area contributed by atoms with Crippen LogP contribution in [0.3, 0.4) is 0 Å². The van der Waals surface area contributed by atoms with Crippen molar-refractivity contribution in [3.05, 3.63) is 42.0 Å². The Morgan fingerprint density at radius 2 is 2.27 bits per heavy atom. The monoisotopic (exact) mass is 205 g/mol. The molecule has 0 aromatic heterocycles. The van der Waals surface area contributed by atoms with E-state index in [1.165, 1.54) is 6.08 Å². The van der Waals surface area contributed by atoms with E-state index in [9.17, 15) is 9.90 Å². The minimum absolute atomic E-state index is 0.0409. The van der Waals surface area contributed by atoms with E-state index in [1.807, 2.05) is 6.07 Å². The molecular weight excluding hydrogens is 190 g/mol. The molecule has 1 aromatic carbocycles. The van der Waals surface area contributed by atoms with Crippen LogP contribution in [0.4, 0.5) is 0 Å². The van der Waals surface area contributed by atoms with Gasteiger partial charge in [-0.2, -0.15) is 0 Å². The number of nitrogens with zero attached hydrogens (tertiary/aromatic N) is 1. The standard InChI is InChI=1S/C12H15NO2/c1-3-5-12(15)13(2)9-10-6-4-7-11(14)8-10/h3-8,14H,9H2,1-2H3. The van der Waals surface area contributed by atoms with Gasteiger partial charge in [0, 0.05) is 13.6 Å². The quantitative estimate of drug-likeness (QED) is 0.766. The van der Waals surface area contributed by atoms with E-state index in [-0.39, 0.29) is 11.7 Å². The molecule has 0 atom stereocenters. The molecule has 3 heteroatoms. The Morgan fingerprint density at radius 1 is 1.53 bits per heavy atom. The molecule has 0 bridgehead atoms. The van der Waals surface area contributed by atoms with Crippen LogP contribution < -0.4 is 0 Å². The van der Waals surface area contributed by atoms with Gasteiger partial charge in [0.2, 0.25) is 5.91 Å². The number of carbonyl (C=O) groups excluding carboxylic acids is 1. The second kappa shape index (κ2) is 5.20. The van der Waals surface area contributed by atoms with Gasteiger partial charge in [0.15, 0.2) is 0 Å². The van der Waals surface area contributed by atoms with Crippen molar-refractivity contribution in [1.29, 1.82) is 0 Å². The number of carbonyl (C=O) groups is 1. The first-order valence-corrected chi connectivity index (χ1v) is 4.79. The van der Waals surface area contributed by atoms with E-state index < -0.39 is 0 Å². The Bertz CT molecular complexity index is 372. The molecule has 0 aliphatic carbocycles. The smallest absolute Gasteiger partial charge is 0.246 e. The van der Waals surface area contributed by atoms with Gasteiger partial charge in [-0.15, -0.1) is 0 Å². The number of likely N-dealkylation sites (N-methyl/N-ethyl adjacent to an activating group) is 1. The first-order valence-electron chi connectivity index (χ1n) is 4.79. The zero-order valence-electron chi connectivity index (χ0n) is 8.97. The highest BCUT2D eigenvalue weighted by Gasteiger charge is 2.05. The van der Waals surface area contributed by atoms with Gasteiger partial charge in [-0.05, 0) is 30.7 Å². The SMILES string of the molecule is CC=CC(=O)N(C)Cc1cccc(O)c1. The second-order valence-corrected chi connectivity index (χ2v) is 3.36. The van der Waals surface area contributed by atoms with E-state index in [0.717, 1.165) is 5.56 Å². The van der Waals surface area contributed by atoms with Crippen LogP contribution in [0.1, 0.15) is 12.5 Å². The molecule has 1 amide bonds. The van der Waals surface area contributed by atoms with E-state index in [0.29, 0.717) is 6.54 Å². The molecule has 0 radical (unpaired) electrons. The average Bonchev–Trinajstić information content (AvgIpc) is 2.18. The van der Waals surface area contributed by atoms with Crippen LogP contribution in [-0.2, 0) is 11.3 Å². The molecule has 0 spiro atoms. The van der Waals surface area contributed by atoms with E-state index >= 15 is 0 Å². The maximum Gasteiger partial charge on any atom is 0.246 e. The highest BCUT2D eigenvalue weighted by atomic mass is 16.3. The topological polar surface area (TPSA) is 40.5 Å². The fraction of sp³-hybridized carbons (Fsp3) is 0.250. The number of phenols is 1. The average molecular weight is 205 g/mol. The van der Waals surface area contributed by atoms with Crippen LogP contribution in [0, 0.1) is 0 Å². The van der Waals surface area contributed by atoms with E-state index in [1.54, 1.807) is 43.1 Å². The first-order chi connectivity index (χ1) is 7.13. The summed E-state index contributed by atoms with van der Waals surface area (Å²) in [5.41, 5.74) is 0.912. The van der Waals surface area contributed by atoms with Crippen molar-refractivity contribution in [2.45, 2.75) is 13.5 Å². The molecule has 0 fully saturated rings. The van der Waals surface area contributed by atoms with Gasteiger partial charge >= 0.3 is 0 Å². The number of aromatic hydroxyl groups is 1. The zero-order chi connectivity index (χ0) is 11.3. The number of hydrogen-bond acceptors (Lipinski definition) is 2. The van der Waals surface area contributed by atoms with Gasteiger partial charge in [-0.25, -0.2) is 0 Å². The number of rotatable bonds is 3. The van der Waals surface area contributed by atoms with Crippen LogP contribution in [0.15, 0.2) is 36.4 Å². The molecule has 0 aliphatic heterocycles. The van der Waals surface area contributed by atoms with Crippen molar-refractivity contribution in [2.75, 3.05) is 7.05 Å². The number of benzene rings is 1. The van der Waals surface area contributed by atoms with Gasteiger partial charge in [0.1, 0.15) is 5.75 Å². The summed E-state index contributed by atoms with van der Waals surface area (Å²) in [4.78, 5) is 13.0. The third kappa shape index (κ3) is 3.46. The fourth-order valence-corrected chi connectivity index (χ4v) is 1.28. The lowest BCUT2D eigenvalue weighted by Gasteiger charge is -2.15. The highest BCUT2D eigenvalue weighted by molar-refractivity contribution is 5.87. The van der Waals surface area contributed by atoms with E-state index in [4.69, 9.17) is 0 Å². The highest BCUT2D eigenvalue weighted by Crippen LogP contribution is 2.12. The number of amides is 1. The molecule has 0 aliphatic rings. The maximum absolute atomic E-state index is 11.4. The predicted molar refractivity (Wildman–Crippen MR) is 59.4 cm³/mol. The second-order valence-electron chi connectivity index (χ2n) is 3.36. The third-order valence-electron chi connectivity index (χ3n) is 2.02. The van der Waals surface area contributed by atoms with Crippen molar-refractivity contribution in [3.8, 4) is 5.75 Å². The molecule has 1 N–H and O–H groups in total. The first kappa shape index (κ1) is 11.3. The molecule has 0 saturated heterocycles. The van der Waals surface area contributed by atoms with Crippen LogP contribution >= 0.6 is 0 Å². The fourth-order valence-electron chi connectivity index (χ4n) is 1.28. The van der Waals surface area contributed by atoms with Crippen LogP contribution in [0.2, 0.25) is 0 Å². The van der Waals surface area contributed by atoms with Crippen molar-refractivity contribution in [3.63, 3.8) is 0 Å². The minimum atomic E-state index is -0.0409. The molecule has 3 nitrogen and oxygen atoms in total. The summed E-state index contributed by atoms with van der Waals surface area (Å²) in [6.07, 6.45) is 3.23. The molecule has 1 aromatic rings. The lowest BCUT2D eigenvalue weighted by atomic mass is 10.2. The Balaban J connectivity index is 2.66. The molecule has 0 heterocycles. The normalized spacial score (nSPS) is 10.5. The Kier molecular flexibility index (Phi) is 3.92. The molecule has 15 heavy (non-hydrogen) atoms. The van der Waals surface area contributed by atoms with Crippen LogP contribution in [0.5, 0.6) is 5.75 Å². The van der Waals surface area contributed by atoms with Crippen molar-refractivity contribution >= 4 is 5.91 Å². The molecular formula is C12H15NO2. The summed E-state index contributed by atoms with van der Waals surface area (Å²) < 4.78 is 0. The van der Waals surface area contributed by atoms with Crippen molar-refractivity contribution in [1.82, 2.24) is 4.90 Å². The van der Waals surface area contributed by atoms with Crippen LogP contribution in [-0.4, -0.2) is 23.0 Å². The molecule has 1 rings (SSSR count). The predicted octanol–water partition coefficient (Wildman–Crippen LogP) is 1.93. The number of allylic oxidation sites excluding steroid dienone is 1. The Morgan fingerprint density at radius 3 is 2.87 bits per heavy atom. The lowest BCUT2D eigenvalue weighted by molar-refractivity contribution is -0.125. The minimum Gasteiger partial charge on any atom is -0.508 e. The van der Waals surface area contributed by atoms with Gasteiger partial charge < -0.3 is 10.0 Å². The molecule has 80 valence electrons. The summed E-state index contributed by atoms with van der Waals surface area (Å²) in [5.74, 6) is 0.181. The summed E-state index contributed by atoms with van der Waals surface area (Å²) in [7, 11) is 1.73. The summed E-state index contributed by atoms with van der Waals surface area (Å²) >= 11 is 0. The van der Waals surface area contributed by atoms with Gasteiger partial charge in [0.25, 0.3) is 0 Å². The van der Waals surface area contributed by atoms with E-state index in [2.05, 4.69) is 0 Å². The summed E-state index contributed by atoms with van der Waals surface area (Å²) in [6, 6.07) is 6.90. The van der Waals surface area contributed by atoms with Crippen molar-refractivity contribution < 1.29 is 9.90 Å². The number of phenolic OH excluding ortho intramolecular Hbond substituents is 1. The molecule has 0 unspecified atom stereocenters. The van der Waals surface area contributed by atoms with Crippen molar-refractivity contribution in [2.24, 2.45) is 0 Å². The van der Waals surface area contributed by atoms with Gasteiger partial charge in [0.05, 0.1) is 0 Å². The summed E-state index contributed by atoms with van der Waals surface area (Å²) in [5, 5.41) is 9.25. The maximum atomic E-state index is 11.4. The number of hydrogen-bond donors (Lipinski definition) is 1.